The predicted molar refractivity (Wildman–Crippen MR) is 443 cm³/mol. The van der Waals surface area contributed by atoms with E-state index in [1.54, 1.807) is 92.3 Å². The van der Waals surface area contributed by atoms with Gasteiger partial charge in [0.25, 0.3) is 0 Å². The summed E-state index contributed by atoms with van der Waals surface area (Å²) in [7, 11) is 7.27. The third-order valence-corrected chi connectivity index (χ3v) is 21.1. The van der Waals surface area contributed by atoms with Crippen LogP contribution in [-0.2, 0) is 66.1 Å². The minimum Gasteiger partial charge on any atom is -0.497 e. The molecule has 1 aliphatic rings. The molecule has 6 N–H and O–H groups in total. The number of benzene rings is 6. The molecular weight excluding hydrogens is 1520 g/mol. The molecule has 4 heterocycles. The number of esters is 1. The van der Waals surface area contributed by atoms with E-state index in [9.17, 15) is 33.2 Å². The van der Waals surface area contributed by atoms with Crippen LogP contribution in [0, 0.1) is 31.0 Å². The molecule has 1 fully saturated rings. The molecule has 0 radical (unpaired) electrons. The molecule has 612 valence electrons. The van der Waals surface area contributed by atoms with Crippen LogP contribution in [0.1, 0.15) is 94.3 Å². The van der Waals surface area contributed by atoms with Gasteiger partial charge in [-0.25, -0.2) is 38.7 Å². The summed E-state index contributed by atoms with van der Waals surface area (Å²) in [6.45, 7) is 17.6. The van der Waals surface area contributed by atoms with Crippen LogP contribution in [0.15, 0.2) is 146 Å². The van der Waals surface area contributed by atoms with Crippen molar-refractivity contribution >= 4 is 74.7 Å². The lowest BCUT2D eigenvalue weighted by atomic mass is 9.96. The monoisotopic (exact) mass is 1620 g/mol. The number of terminal acetylenes is 1. The Morgan fingerprint density at radius 2 is 1.49 bits per heavy atom. The van der Waals surface area contributed by atoms with Gasteiger partial charge in [-0.05, 0) is 167 Å². The van der Waals surface area contributed by atoms with Crippen LogP contribution in [0.2, 0.25) is 5.02 Å². The fraction of sp³-hybridized carbons (Fsp3) is 0.379. The number of nitrogens with one attached hydrogen (secondary N) is 6. The zero-order chi connectivity index (χ0) is 83.1. The first-order chi connectivity index (χ1) is 55.7. The number of halogens is 2. The molecule has 3 aromatic heterocycles. The molecule has 0 saturated carbocycles. The standard InChI is InChI=1S/C87H100ClFN12O14S/c1-13-45-111-86(107)98-68(22-18-19-38-92-85(106)115-87(6,7)8)80(103)99-76(54(2)3)81(104)95-56(5)79(102)97-63-32-29-60(61(47-63)49-90-9)50-101(10)43-40-100(41-44-101)42-46-110-71-36-35-66(55(4)75(71)88)73-74-82(93-53-94-83(74)116-77(73)58-27-30-62(89)31-28-58)114-72(84(105)113-51-57-25-33-65(108-11)34-26-57)48-59-20-14-16-23-69(59)112-52-64-37-39-91-78(96-64)67-21-15-17-24-70(67)109-12/h1,14-17,20-21,23-37,39,47,53-54,56,68,72,76,90H,18-19,22,38,40-46,48-52H2,2-12H3,(H4-,92,95,97,98,99,102,103,104,106,107)/p+1/t56-,68-,72+,76-/m0/s1. The number of methoxy groups -OCH3 is 2. The quantitative estimate of drug-likeness (QED) is 0.00693. The number of fused-ring (bicyclic) bond motifs is 1. The summed E-state index contributed by atoms with van der Waals surface area (Å²) in [5.41, 5.74) is 7.38. The van der Waals surface area contributed by atoms with Crippen molar-refractivity contribution < 1.29 is 75.5 Å². The van der Waals surface area contributed by atoms with Crippen LogP contribution < -0.4 is 55.6 Å². The van der Waals surface area contributed by atoms with E-state index < -0.39 is 77.4 Å². The Labute approximate surface area is 684 Å². The maximum absolute atomic E-state index is 14.8. The number of carbonyl (C=O) groups excluding carboxylic acids is 6. The first kappa shape index (κ1) is 86.9. The Balaban J connectivity index is 0.783. The van der Waals surface area contributed by atoms with E-state index in [4.69, 9.17) is 70.9 Å². The van der Waals surface area contributed by atoms with Gasteiger partial charge in [0.15, 0.2) is 12.4 Å². The molecule has 26 nitrogen and oxygen atoms in total. The largest absolute Gasteiger partial charge is 0.497 e. The van der Waals surface area contributed by atoms with Gasteiger partial charge in [-0.2, -0.15) is 0 Å². The summed E-state index contributed by atoms with van der Waals surface area (Å²) >= 11 is 8.74. The molecule has 10 rings (SSSR count). The van der Waals surface area contributed by atoms with Gasteiger partial charge in [0.2, 0.25) is 29.7 Å². The molecule has 9 aromatic rings. The molecule has 0 unspecified atom stereocenters. The molecular formula is C87H101ClFN12O14S+. The van der Waals surface area contributed by atoms with Gasteiger partial charge in [-0.3, -0.25) is 19.3 Å². The van der Waals surface area contributed by atoms with Crippen molar-refractivity contribution in [2.45, 2.75) is 130 Å². The second-order valence-corrected chi connectivity index (χ2v) is 31.1. The Bertz CT molecular complexity index is 4940. The first-order valence-corrected chi connectivity index (χ1v) is 39.6. The summed E-state index contributed by atoms with van der Waals surface area (Å²) in [5.74, 6) is 1.76. The molecule has 0 bridgehead atoms. The van der Waals surface area contributed by atoms with Gasteiger partial charge in [-0.15, -0.1) is 17.8 Å². The lowest BCUT2D eigenvalue weighted by Gasteiger charge is -2.42. The zero-order valence-corrected chi connectivity index (χ0v) is 68.8. The van der Waals surface area contributed by atoms with Crippen LogP contribution in [-0.4, -0.2) is 176 Å². The number of anilines is 1. The van der Waals surface area contributed by atoms with Crippen molar-refractivity contribution in [1.29, 1.82) is 0 Å². The fourth-order valence-corrected chi connectivity index (χ4v) is 14.6. The number of aromatic nitrogens is 4. The number of rotatable bonds is 37. The number of carbonyl (C=O) groups is 6. The summed E-state index contributed by atoms with van der Waals surface area (Å²) < 4.78 is 62.7. The van der Waals surface area contributed by atoms with E-state index in [1.807, 2.05) is 105 Å². The third kappa shape index (κ3) is 24.1. The molecule has 1 saturated heterocycles. The number of amides is 5. The van der Waals surface area contributed by atoms with E-state index >= 15 is 0 Å². The molecule has 1 aliphatic heterocycles. The van der Waals surface area contributed by atoms with Crippen LogP contribution in [0.25, 0.3) is 43.2 Å². The number of piperazine rings is 1. The molecule has 0 spiro atoms. The maximum atomic E-state index is 14.8. The number of hydrogen-bond acceptors (Lipinski definition) is 21. The highest BCUT2D eigenvalue weighted by molar-refractivity contribution is 7.22. The highest BCUT2D eigenvalue weighted by Crippen LogP contribution is 2.50. The van der Waals surface area contributed by atoms with E-state index in [0.717, 1.165) is 64.3 Å². The second kappa shape index (κ2) is 41.2. The van der Waals surface area contributed by atoms with E-state index in [-0.39, 0.29) is 45.1 Å². The number of unbranched alkanes of at least 4 members (excludes halogenated alkanes) is 1. The number of ether oxygens (including phenoxy) is 8. The average molecular weight is 1630 g/mol. The summed E-state index contributed by atoms with van der Waals surface area (Å²) in [5, 5.41) is 17.8. The minimum absolute atomic E-state index is 0.0145. The normalized spacial score (nSPS) is 13.7. The van der Waals surface area contributed by atoms with E-state index in [2.05, 4.69) is 54.8 Å². The van der Waals surface area contributed by atoms with Crippen molar-refractivity contribution in [3.05, 3.63) is 190 Å². The van der Waals surface area contributed by atoms with Crippen molar-refractivity contribution in [3.8, 4) is 74.2 Å². The number of alkyl carbamates (subject to hydrolysis) is 2. The SMILES string of the molecule is C#CCOC(=O)N[C@@H](CCCCNC(=O)OC(C)(C)C)C(=O)N[C@H](C(=O)N[C@@H](C)C(=O)Nc1ccc(C[N+]2(C)CCN(CCOc3ccc(-c4c(-c5ccc(F)cc5)sc5ncnc(O[C@H](Cc6ccccc6OCc6ccnc(-c7ccccc7OC)n6)C(=O)OCc6ccc(OC)cc6)c45)c(C)c3Cl)CC2)c(CNC)c1)C(C)C. The smallest absolute Gasteiger partial charge is 0.408 e. The number of quaternary nitrogens is 1. The molecule has 5 amide bonds. The van der Waals surface area contributed by atoms with Crippen molar-refractivity contribution in [2.24, 2.45) is 5.92 Å². The Hall–Kier alpha value is -11.5. The number of likely N-dealkylation sites (N-methyl/N-ethyl adjacent to an activating group) is 1. The van der Waals surface area contributed by atoms with Crippen LogP contribution in [0.5, 0.6) is 28.9 Å². The zero-order valence-electron chi connectivity index (χ0n) is 67.2. The number of hydrogen-bond donors (Lipinski definition) is 6. The highest BCUT2D eigenvalue weighted by Gasteiger charge is 2.35. The molecule has 0 aliphatic carbocycles. The maximum Gasteiger partial charge on any atom is 0.408 e. The van der Waals surface area contributed by atoms with Gasteiger partial charge in [0.05, 0.1) is 56.0 Å². The van der Waals surface area contributed by atoms with Crippen molar-refractivity contribution in [3.63, 3.8) is 0 Å². The number of nitrogens with zero attached hydrogens (tertiary/aromatic N) is 6. The molecule has 4 atom stereocenters. The minimum atomic E-state index is -1.29. The molecule has 6 aromatic carbocycles. The van der Waals surface area contributed by atoms with E-state index in [0.29, 0.717) is 116 Å². The third-order valence-electron chi connectivity index (χ3n) is 19.5. The Kier molecular flexibility index (Phi) is 30.9. The fourth-order valence-electron chi connectivity index (χ4n) is 13.2. The molecule has 29 heteroatoms. The Morgan fingerprint density at radius 3 is 2.21 bits per heavy atom. The van der Waals surface area contributed by atoms with Gasteiger partial charge < -0.3 is 74.3 Å². The van der Waals surface area contributed by atoms with Crippen molar-refractivity contribution in [2.75, 3.05) is 86.1 Å². The Morgan fingerprint density at radius 1 is 0.750 bits per heavy atom. The van der Waals surface area contributed by atoms with Gasteiger partial charge in [0, 0.05) is 67.0 Å². The number of para-hydroxylation sites is 2. The van der Waals surface area contributed by atoms with Gasteiger partial charge in [0.1, 0.15) is 90.1 Å². The molecule has 116 heavy (non-hydrogen) atoms. The first-order valence-electron chi connectivity index (χ1n) is 38.4. The summed E-state index contributed by atoms with van der Waals surface area (Å²) in [4.78, 5) is 103. The van der Waals surface area contributed by atoms with E-state index in [1.165, 1.54) is 29.8 Å². The van der Waals surface area contributed by atoms with Crippen LogP contribution in [0.4, 0.5) is 19.7 Å². The summed E-state index contributed by atoms with van der Waals surface area (Å²) in [6.07, 6.45) is 6.49. The van der Waals surface area contributed by atoms with Crippen LogP contribution in [0.3, 0.4) is 0 Å². The van der Waals surface area contributed by atoms with Crippen molar-refractivity contribution in [1.82, 2.24) is 51.4 Å². The lowest BCUT2D eigenvalue weighted by molar-refractivity contribution is -0.926. The van der Waals surface area contributed by atoms with Crippen LogP contribution >= 0.6 is 22.9 Å². The highest BCUT2D eigenvalue weighted by atomic mass is 35.5. The van der Waals surface area contributed by atoms with Gasteiger partial charge >= 0.3 is 18.2 Å². The topological polar surface area (TPSA) is 303 Å². The predicted octanol–water partition coefficient (Wildman–Crippen LogP) is 13.0. The number of thiophene rings is 1. The lowest BCUT2D eigenvalue weighted by Crippen LogP contribution is -2.57. The summed E-state index contributed by atoms with van der Waals surface area (Å²) in [6, 6.07) is 36.4. The average Bonchev–Trinajstić information content (AvgIpc) is 1.59. The van der Waals surface area contributed by atoms with Gasteiger partial charge in [-0.1, -0.05) is 98.1 Å². The second-order valence-electron chi connectivity index (χ2n) is 29.7.